The van der Waals surface area contributed by atoms with Gasteiger partial charge in [0.05, 0.1) is 0 Å². The van der Waals surface area contributed by atoms with Crippen molar-refractivity contribution >= 4 is 12.0 Å². The maximum absolute atomic E-state index is 12.2. The van der Waals surface area contributed by atoms with Crippen LogP contribution in [0.2, 0.25) is 0 Å². The zero-order valence-electron chi connectivity index (χ0n) is 11.7. The highest BCUT2D eigenvalue weighted by Gasteiger charge is 2.23. The number of rotatable bonds is 3. The van der Waals surface area contributed by atoms with Crippen LogP contribution >= 0.6 is 0 Å². The van der Waals surface area contributed by atoms with Crippen LogP contribution in [-0.2, 0) is 4.79 Å². The minimum atomic E-state index is -0.282. The van der Waals surface area contributed by atoms with Gasteiger partial charge in [-0.15, -0.1) is 0 Å². The highest BCUT2D eigenvalue weighted by atomic mass is 16.1. The number of aromatic nitrogens is 1. The number of hydrogen-bond donors (Lipinski definition) is 1. The number of carbonyl (C=O) groups excluding carboxylic acids is 1. The van der Waals surface area contributed by atoms with Crippen LogP contribution in [0, 0.1) is 17.2 Å². The van der Waals surface area contributed by atoms with Gasteiger partial charge in [0, 0.05) is 18.4 Å². The first kappa shape index (κ1) is 14.3. The van der Waals surface area contributed by atoms with Crippen molar-refractivity contribution in [3.63, 3.8) is 0 Å². The first-order chi connectivity index (χ1) is 9.70. The fraction of sp³-hybridized carbons (Fsp3) is 0.438. The molecule has 2 rings (SSSR count). The van der Waals surface area contributed by atoms with E-state index in [0.29, 0.717) is 5.92 Å². The Hall–Kier alpha value is -2.15. The highest BCUT2D eigenvalue weighted by molar-refractivity contribution is 6.01. The molecule has 2 atom stereocenters. The minimum Gasteiger partial charge on any atom is -0.348 e. The highest BCUT2D eigenvalue weighted by Crippen LogP contribution is 2.24. The van der Waals surface area contributed by atoms with Crippen LogP contribution < -0.4 is 5.32 Å². The van der Waals surface area contributed by atoms with Gasteiger partial charge in [-0.1, -0.05) is 25.8 Å². The van der Waals surface area contributed by atoms with E-state index in [4.69, 9.17) is 5.26 Å². The second-order valence-electron chi connectivity index (χ2n) is 5.30. The quantitative estimate of drug-likeness (QED) is 0.677. The molecule has 1 amide bonds. The Kier molecular flexibility index (Phi) is 4.89. The summed E-state index contributed by atoms with van der Waals surface area (Å²) in [5.41, 5.74) is 0.895. The zero-order valence-corrected chi connectivity index (χ0v) is 11.7. The van der Waals surface area contributed by atoms with E-state index in [9.17, 15) is 4.79 Å². The summed E-state index contributed by atoms with van der Waals surface area (Å²) in [6.07, 6.45) is 9.38. The number of hydrogen-bond acceptors (Lipinski definition) is 3. The molecule has 4 heteroatoms. The number of nitrogens with zero attached hydrogens (tertiary/aromatic N) is 2. The van der Waals surface area contributed by atoms with Crippen molar-refractivity contribution in [2.24, 2.45) is 5.92 Å². The minimum absolute atomic E-state index is 0.135. The topological polar surface area (TPSA) is 65.8 Å². The van der Waals surface area contributed by atoms with Gasteiger partial charge in [0.1, 0.15) is 11.6 Å². The predicted octanol–water partition coefficient (Wildman–Crippen LogP) is 2.68. The molecule has 1 heterocycles. The van der Waals surface area contributed by atoms with E-state index >= 15 is 0 Å². The van der Waals surface area contributed by atoms with E-state index in [1.165, 1.54) is 6.42 Å². The lowest BCUT2D eigenvalue weighted by Crippen LogP contribution is -2.41. The molecule has 1 fully saturated rings. The molecule has 1 aromatic heterocycles. The van der Waals surface area contributed by atoms with Gasteiger partial charge >= 0.3 is 0 Å². The summed E-state index contributed by atoms with van der Waals surface area (Å²) < 4.78 is 0. The second-order valence-corrected chi connectivity index (χ2v) is 5.30. The summed E-state index contributed by atoms with van der Waals surface area (Å²) in [7, 11) is 0. The maximum atomic E-state index is 12.2. The van der Waals surface area contributed by atoms with Gasteiger partial charge in [-0.3, -0.25) is 9.78 Å². The standard InChI is InChI=1S/C16H19N3O/c1-12-5-2-3-7-15(12)19-16(20)14(10-17)9-13-6-4-8-18-11-13/h4,6,8-9,11-12,15H,2-3,5,7H2,1H3,(H,19,20)/b14-9+/t12-,15-/m0/s1. The molecule has 0 bridgehead atoms. The summed E-state index contributed by atoms with van der Waals surface area (Å²) in [4.78, 5) is 16.1. The lowest BCUT2D eigenvalue weighted by Gasteiger charge is -2.29. The van der Waals surface area contributed by atoms with Crippen molar-refractivity contribution in [3.8, 4) is 6.07 Å². The fourth-order valence-electron chi connectivity index (χ4n) is 2.55. The van der Waals surface area contributed by atoms with Crippen LogP contribution in [0.5, 0.6) is 0 Å². The smallest absolute Gasteiger partial charge is 0.262 e. The number of amides is 1. The molecule has 0 aromatic carbocycles. The van der Waals surface area contributed by atoms with Crippen LogP contribution in [0.1, 0.15) is 38.2 Å². The van der Waals surface area contributed by atoms with E-state index in [-0.39, 0.29) is 17.5 Å². The van der Waals surface area contributed by atoms with Crippen LogP contribution in [0.3, 0.4) is 0 Å². The van der Waals surface area contributed by atoms with Crippen LogP contribution in [0.25, 0.3) is 6.08 Å². The molecule has 1 aromatic rings. The zero-order chi connectivity index (χ0) is 14.4. The van der Waals surface area contributed by atoms with Crippen molar-refractivity contribution in [2.75, 3.05) is 0 Å². The summed E-state index contributed by atoms with van der Waals surface area (Å²) >= 11 is 0. The molecule has 1 aliphatic rings. The third-order valence-electron chi connectivity index (χ3n) is 3.79. The van der Waals surface area contributed by atoms with E-state index in [1.807, 2.05) is 12.1 Å². The van der Waals surface area contributed by atoms with Gasteiger partial charge in [-0.2, -0.15) is 5.26 Å². The van der Waals surface area contributed by atoms with Gasteiger partial charge in [0.15, 0.2) is 0 Å². The van der Waals surface area contributed by atoms with Crippen molar-refractivity contribution in [2.45, 2.75) is 38.6 Å². The first-order valence-electron chi connectivity index (χ1n) is 7.03. The average Bonchev–Trinajstić information content (AvgIpc) is 2.48. The van der Waals surface area contributed by atoms with Crippen LogP contribution in [0.4, 0.5) is 0 Å². The Bertz CT molecular complexity index is 530. The molecule has 1 N–H and O–H groups in total. The summed E-state index contributed by atoms with van der Waals surface area (Å²) in [5.74, 6) is 0.195. The molecule has 104 valence electrons. The molecule has 0 aliphatic heterocycles. The molecular weight excluding hydrogens is 250 g/mol. The van der Waals surface area contributed by atoms with E-state index in [2.05, 4.69) is 17.2 Å². The summed E-state index contributed by atoms with van der Waals surface area (Å²) in [5, 5.41) is 12.1. The third kappa shape index (κ3) is 3.67. The van der Waals surface area contributed by atoms with Crippen molar-refractivity contribution in [3.05, 3.63) is 35.7 Å². The molecule has 0 spiro atoms. The molecule has 0 saturated heterocycles. The van der Waals surface area contributed by atoms with E-state index < -0.39 is 0 Å². The molecule has 0 radical (unpaired) electrons. The SMILES string of the molecule is C[C@H]1CCCC[C@@H]1NC(=O)/C(C#N)=C/c1cccnc1. The van der Waals surface area contributed by atoms with Gasteiger partial charge in [0.2, 0.25) is 0 Å². The summed E-state index contributed by atoms with van der Waals surface area (Å²) in [6.45, 7) is 2.15. The number of pyridine rings is 1. The maximum Gasteiger partial charge on any atom is 0.262 e. The first-order valence-corrected chi connectivity index (χ1v) is 7.03. The van der Waals surface area contributed by atoms with Gasteiger partial charge in [-0.25, -0.2) is 0 Å². The number of carbonyl (C=O) groups is 1. The van der Waals surface area contributed by atoms with Crippen molar-refractivity contribution < 1.29 is 4.79 Å². The molecule has 1 saturated carbocycles. The monoisotopic (exact) mass is 269 g/mol. The Labute approximate surface area is 119 Å². The molecule has 1 aliphatic carbocycles. The van der Waals surface area contributed by atoms with Crippen LogP contribution in [-0.4, -0.2) is 16.9 Å². The van der Waals surface area contributed by atoms with Crippen molar-refractivity contribution in [1.29, 1.82) is 5.26 Å². The Morgan fingerprint density at radius 3 is 2.95 bits per heavy atom. The van der Waals surface area contributed by atoms with Gasteiger partial charge in [0.25, 0.3) is 5.91 Å². The lowest BCUT2D eigenvalue weighted by molar-refractivity contribution is -0.118. The Morgan fingerprint density at radius 1 is 1.50 bits per heavy atom. The second kappa shape index (κ2) is 6.85. The lowest BCUT2D eigenvalue weighted by atomic mass is 9.86. The molecule has 20 heavy (non-hydrogen) atoms. The molecular formula is C16H19N3O. The van der Waals surface area contributed by atoms with Crippen LogP contribution in [0.15, 0.2) is 30.1 Å². The van der Waals surface area contributed by atoms with Gasteiger partial charge in [-0.05, 0) is 36.5 Å². The average molecular weight is 269 g/mol. The summed E-state index contributed by atoms with van der Waals surface area (Å²) in [6, 6.07) is 5.76. The largest absolute Gasteiger partial charge is 0.348 e. The third-order valence-corrected chi connectivity index (χ3v) is 3.79. The Morgan fingerprint density at radius 2 is 2.30 bits per heavy atom. The fourth-order valence-corrected chi connectivity index (χ4v) is 2.55. The van der Waals surface area contributed by atoms with Crippen molar-refractivity contribution in [1.82, 2.24) is 10.3 Å². The molecule has 4 nitrogen and oxygen atoms in total. The predicted molar refractivity (Wildman–Crippen MR) is 77.4 cm³/mol. The normalized spacial score (nSPS) is 22.9. The molecule has 0 unspecified atom stereocenters. The Balaban J connectivity index is 2.06. The van der Waals surface area contributed by atoms with E-state index in [0.717, 1.165) is 24.8 Å². The van der Waals surface area contributed by atoms with E-state index in [1.54, 1.807) is 24.5 Å². The number of nitriles is 1. The number of nitrogens with one attached hydrogen (secondary N) is 1. The van der Waals surface area contributed by atoms with Gasteiger partial charge < -0.3 is 5.32 Å².